The first kappa shape index (κ1) is 22.6. The third-order valence-electron chi connectivity index (χ3n) is 5.55. The number of ether oxygens (including phenoxy) is 1. The van der Waals surface area contributed by atoms with Crippen LogP contribution < -0.4 is 20.3 Å². The summed E-state index contributed by atoms with van der Waals surface area (Å²) in [5.41, 5.74) is 3.34. The minimum Gasteiger partial charge on any atom is -0.497 e. The summed E-state index contributed by atoms with van der Waals surface area (Å²) in [6.45, 7) is 2.41. The second-order valence-electron chi connectivity index (χ2n) is 7.73. The number of carbonyl (C=O) groups is 2. The molecule has 0 aliphatic carbocycles. The molecule has 3 aromatic rings. The van der Waals surface area contributed by atoms with Crippen LogP contribution in [0.2, 0.25) is 0 Å². The first-order valence-corrected chi connectivity index (χ1v) is 11.8. The Morgan fingerprint density at radius 2 is 1.91 bits per heavy atom. The Bertz CT molecular complexity index is 1120. The van der Waals surface area contributed by atoms with Gasteiger partial charge in [0.05, 0.1) is 7.11 Å². The third-order valence-corrected chi connectivity index (χ3v) is 6.37. The maximum Gasteiger partial charge on any atom is 0.267 e. The van der Waals surface area contributed by atoms with Gasteiger partial charge in [-0.05, 0) is 66.3 Å². The first-order valence-electron chi connectivity index (χ1n) is 11.0. The highest BCUT2D eigenvalue weighted by Crippen LogP contribution is 2.27. The molecule has 1 aromatic heterocycles. The largest absolute Gasteiger partial charge is 0.497 e. The highest BCUT2D eigenvalue weighted by Gasteiger charge is 2.18. The summed E-state index contributed by atoms with van der Waals surface area (Å²) in [6.07, 6.45) is 3.59. The molecule has 0 spiro atoms. The number of fused-ring (bicyclic) bond motifs is 1. The molecular weight excluding hydrogens is 434 g/mol. The Balaban J connectivity index is 1.35. The topological polar surface area (TPSA) is 70.7 Å². The normalized spacial score (nSPS) is 12.9. The van der Waals surface area contributed by atoms with Crippen LogP contribution in [-0.4, -0.2) is 38.6 Å². The van der Waals surface area contributed by atoms with Gasteiger partial charge in [-0.1, -0.05) is 24.3 Å². The Kier molecular flexibility index (Phi) is 7.42. The van der Waals surface area contributed by atoms with E-state index in [0.29, 0.717) is 17.9 Å². The zero-order valence-electron chi connectivity index (χ0n) is 18.5. The molecule has 0 unspecified atom stereocenters. The van der Waals surface area contributed by atoms with Crippen molar-refractivity contribution in [1.82, 2.24) is 10.6 Å². The van der Waals surface area contributed by atoms with Crippen LogP contribution in [0.15, 0.2) is 71.7 Å². The van der Waals surface area contributed by atoms with Crippen molar-refractivity contribution in [2.75, 3.05) is 31.6 Å². The van der Waals surface area contributed by atoms with E-state index in [1.165, 1.54) is 22.6 Å². The predicted molar refractivity (Wildman–Crippen MR) is 133 cm³/mol. The Hall–Kier alpha value is -3.58. The fourth-order valence-electron chi connectivity index (χ4n) is 3.82. The van der Waals surface area contributed by atoms with Gasteiger partial charge in [-0.3, -0.25) is 9.59 Å². The number of anilines is 1. The SMILES string of the molecule is COc1ccc(C(=O)N/C(=C\c2cccs2)C(=O)NCCCN2CCc3ccccc32)cc1. The van der Waals surface area contributed by atoms with Gasteiger partial charge in [0.15, 0.2) is 0 Å². The monoisotopic (exact) mass is 461 g/mol. The van der Waals surface area contributed by atoms with Crippen molar-refractivity contribution >= 4 is 34.9 Å². The fraction of sp³-hybridized carbons (Fsp3) is 0.231. The molecule has 7 heteroatoms. The smallest absolute Gasteiger partial charge is 0.267 e. The summed E-state index contributed by atoms with van der Waals surface area (Å²) in [7, 11) is 1.57. The number of hydrogen-bond donors (Lipinski definition) is 2. The van der Waals surface area contributed by atoms with E-state index in [1.54, 1.807) is 37.5 Å². The molecule has 2 heterocycles. The van der Waals surface area contributed by atoms with Crippen molar-refractivity contribution in [2.24, 2.45) is 0 Å². The Morgan fingerprint density at radius 1 is 1.09 bits per heavy atom. The van der Waals surface area contributed by atoms with Gasteiger partial charge in [0.25, 0.3) is 11.8 Å². The zero-order valence-corrected chi connectivity index (χ0v) is 19.4. The van der Waals surface area contributed by atoms with Crippen LogP contribution in [0.4, 0.5) is 5.69 Å². The predicted octanol–water partition coefficient (Wildman–Crippen LogP) is 4.10. The molecule has 0 saturated heterocycles. The molecule has 2 amide bonds. The number of para-hydroxylation sites is 1. The summed E-state index contributed by atoms with van der Waals surface area (Å²) >= 11 is 1.50. The van der Waals surface area contributed by atoms with Gasteiger partial charge in [0.1, 0.15) is 11.4 Å². The van der Waals surface area contributed by atoms with E-state index < -0.39 is 0 Å². The highest BCUT2D eigenvalue weighted by molar-refractivity contribution is 7.10. The van der Waals surface area contributed by atoms with Crippen molar-refractivity contribution in [1.29, 1.82) is 0 Å². The highest BCUT2D eigenvalue weighted by atomic mass is 32.1. The molecule has 0 fully saturated rings. The van der Waals surface area contributed by atoms with Crippen molar-refractivity contribution in [3.8, 4) is 5.75 Å². The van der Waals surface area contributed by atoms with Gasteiger partial charge in [0.2, 0.25) is 0 Å². The summed E-state index contributed by atoms with van der Waals surface area (Å²) in [6, 6.07) is 19.0. The van der Waals surface area contributed by atoms with Crippen molar-refractivity contribution in [2.45, 2.75) is 12.8 Å². The average Bonchev–Trinajstić information content (AvgIpc) is 3.51. The van der Waals surface area contributed by atoms with Gasteiger partial charge < -0.3 is 20.3 Å². The standard InChI is InChI=1S/C26H27N3O3S/c1-32-21-11-9-20(10-12-21)25(30)28-23(18-22-7-4-17-33-22)26(31)27-14-5-15-29-16-13-19-6-2-3-8-24(19)29/h2-4,6-12,17-18H,5,13-16H2,1H3,(H,27,31)(H,28,30)/b23-18-. The van der Waals surface area contributed by atoms with E-state index in [9.17, 15) is 9.59 Å². The summed E-state index contributed by atoms with van der Waals surface area (Å²) in [5.74, 6) is 0.0237. The van der Waals surface area contributed by atoms with Gasteiger partial charge >= 0.3 is 0 Å². The van der Waals surface area contributed by atoms with Crippen LogP contribution in [0.5, 0.6) is 5.75 Å². The molecule has 33 heavy (non-hydrogen) atoms. The van der Waals surface area contributed by atoms with Crippen molar-refractivity contribution in [3.63, 3.8) is 0 Å². The van der Waals surface area contributed by atoms with Crippen LogP contribution in [-0.2, 0) is 11.2 Å². The molecule has 170 valence electrons. The lowest BCUT2D eigenvalue weighted by molar-refractivity contribution is -0.117. The summed E-state index contributed by atoms with van der Waals surface area (Å²) in [4.78, 5) is 28.9. The number of thiophene rings is 1. The molecule has 0 radical (unpaired) electrons. The van der Waals surface area contributed by atoms with E-state index in [2.05, 4.69) is 39.8 Å². The Labute approximate surface area is 197 Å². The van der Waals surface area contributed by atoms with Crippen LogP contribution >= 0.6 is 11.3 Å². The number of nitrogens with one attached hydrogen (secondary N) is 2. The number of rotatable bonds is 9. The third kappa shape index (κ3) is 5.81. The average molecular weight is 462 g/mol. The molecule has 1 aliphatic heterocycles. The molecule has 1 aliphatic rings. The molecule has 4 rings (SSSR count). The molecule has 6 nitrogen and oxygen atoms in total. The van der Waals surface area contributed by atoms with Gasteiger partial charge in [-0.25, -0.2) is 0 Å². The quantitative estimate of drug-likeness (QED) is 0.372. The lowest BCUT2D eigenvalue weighted by atomic mass is 10.2. The van der Waals surface area contributed by atoms with Crippen molar-refractivity contribution in [3.05, 3.63) is 87.7 Å². The van der Waals surface area contributed by atoms with E-state index in [0.717, 1.165) is 30.8 Å². The maximum atomic E-state index is 12.9. The molecule has 0 saturated carbocycles. The minimum absolute atomic E-state index is 0.227. The van der Waals surface area contributed by atoms with Crippen LogP contribution in [0.25, 0.3) is 6.08 Å². The van der Waals surface area contributed by atoms with Gasteiger partial charge in [-0.15, -0.1) is 11.3 Å². The first-order chi connectivity index (χ1) is 16.1. The van der Waals surface area contributed by atoms with Crippen LogP contribution in [0.1, 0.15) is 27.2 Å². The van der Waals surface area contributed by atoms with Crippen LogP contribution in [0, 0.1) is 0 Å². The lowest BCUT2D eigenvalue weighted by Gasteiger charge is -2.19. The zero-order chi connectivity index (χ0) is 23.0. The van der Waals surface area contributed by atoms with E-state index in [-0.39, 0.29) is 17.5 Å². The summed E-state index contributed by atoms with van der Waals surface area (Å²) < 4.78 is 5.14. The molecule has 0 atom stereocenters. The van der Waals surface area contributed by atoms with Gasteiger partial charge in [-0.2, -0.15) is 0 Å². The number of benzene rings is 2. The molecule has 2 aromatic carbocycles. The summed E-state index contributed by atoms with van der Waals surface area (Å²) in [5, 5.41) is 7.65. The molecule has 0 bridgehead atoms. The fourth-order valence-corrected chi connectivity index (χ4v) is 4.47. The number of amides is 2. The van der Waals surface area contributed by atoms with Gasteiger partial charge in [0, 0.05) is 35.8 Å². The van der Waals surface area contributed by atoms with E-state index in [4.69, 9.17) is 4.74 Å². The van der Waals surface area contributed by atoms with E-state index >= 15 is 0 Å². The number of carbonyl (C=O) groups excluding carboxylic acids is 2. The molecule has 2 N–H and O–H groups in total. The van der Waals surface area contributed by atoms with Crippen molar-refractivity contribution < 1.29 is 14.3 Å². The van der Waals surface area contributed by atoms with Crippen LogP contribution in [0.3, 0.4) is 0 Å². The lowest BCUT2D eigenvalue weighted by Crippen LogP contribution is -2.36. The number of methoxy groups -OCH3 is 1. The Morgan fingerprint density at radius 3 is 2.67 bits per heavy atom. The number of nitrogens with zero attached hydrogens (tertiary/aromatic N) is 1. The second kappa shape index (κ2) is 10.8. The van der Waals surface area contributed by atoms with E-state index in [1.807, 2.05) is 17.5 Å². The number of hydrogen-bond acceptors (Lipinski definition) is 5. The minimum atomic E-state index is -0.343. The maximum absolute atomic E-state index is 12.9. The molecular formula is C26H27N3O3S. The second-order valence-corrected chi connectivity index (χ2v) is 8.71.